The number of pyridine rings is 5. The molecule has 401 valence electrons. The monoisotopic (exact) mass is 1120 g/mol. The molecule has 5 aromatic heterocycles. The molecule has 0 atom stereocenters. The first-order valence-electron chi connectivity index (χ1n) is 23.1. The van der Waals surface area contributed by atoms with Crippen LogP contribution in [0.25, 0.3) is 43.6 Å². The Morgan fingerprint density at radius 2 is 0.840 bits per heavy atom. The van der Waals surface area contributed by atoms with E-state index in [0.29, 0.717) is 33.2 Å². The zero-order valence-electron chi connectivity index (χ0n) is 44.3. The van der Waals surface area contributed by atoms with Crippen molar-refractivity contribution >= 4 is 126 Å². The van der Waals surface area contributed by atoms with Crippen LogP contribution in [0.2, 0.25) is 0 Å². The number of carbonyl (C=O) groups excluding carboxylic acids is 4. The molecule has 0 unspecified atom stereocenters. The van der Waals surface area contributed by atoms with Gasteiger partial charge in [0.15, 0.2) is 46.1 Å². The molecule has 0 bridgehead atoms. The number of H-pyrrole nitrogens is 1. The predicted molar refractivity (Wildman–Crippen MR) is 311 cm³/mol. The minimum absolute atomic E-state index is 0.0244. The standard InChI is InChI=1S/2C12H11NO2.C11H9NO2.C10H8N2O3.4C2H6.BHNS.Cl3OP/c2*1-7-6-10(8(2)14)12(15)11-9(7)4-3-5-13-11;1-7(13)9-5-4-8-3-2-6-12-10(8)11(9)14;1-5(13)7-9(14)8-6(10(15)12-7)3-2-4-11-8;4*1-2;1-2-3;1-5(2,3)4/h2*3-6,15H,1-2H3;2-6,14H,1H3;2-4,14H,1H3,(H,12,15);4*1-2H3;3H;. The number of benzene rings is 3. The van der Waals surface area contributed by atoms with Gasteiger partial charge in [-0.1, -0.05) is 79.7 Å². The number of aryl methyl sites for hydroxylation is 2. The van der Waals surface area contributed by atoms with E-state index in [9.17, 15) is 49.0 Å². The van der Waals surface area contributed by atoms with Gasteiger partial charge in [0.2, 0.25) is 0 Å². The number of ketones is 4. The van der Waals surface area contributed by atoms with Crippen LogP contribution >= 0.6 is 51.7 Å². The van der Waals surface area contributed by atoms with Crippen molar-refractivity contribution in [3.8, 4) is 23.0 Å². The van der Waals surface area contributed by atoms with Crippen molar-refractivity contribution in [2.75, 3.05) is 0 Å². The second-order valence-corrected chi connectivity index (χ2v) is 20.7. The Morgan fingerprint density at radius 3 is 1.19 bits per heavy atom. The van der Waals surface area contributed by atoms with Crippen LogP contribution in [-0.4, -0.2) is 76.1 Å². The average Bonchev–Trinajstić information content (AvgIpc) is 3.40. The molecule has 75 heavy (non-hydrogen) atoms. The molecule has 5 N–H and O–H groups in total. The molecule has 0 saturated heterocycles. The summed E-state index contributed by atoms with van der Waals surface area (Å²) in [6.07, 6.45) is 6.24. The van der Waals surface area contributed by atoms with Gasteiger partial charge in [0.1, 0.15) is 27.8 Å². The number of rotatable bonds is 4. The number of nitrogens with zero attached hydrogens (tertiary/aromatic N) is 5. The van der Waals surface area contributed by atoms with Crippen molar-refractivity contribution in [3.05, 3.63) is 141 Å². The molecule has 3 aromatic carbocycles. The second-order valence-electron chi connectivity index (χ2n) is 13.8. The molecule has 0 amide bonds. The molecule has 1 radical (unpaired) electrons. The maximum absolute atomic E-state index is 11.5. The zero-order valence-corrected chi connectivity index (χ0v) is 48.4. The average molecular weight is 1130 g/mol. The molecule has 0 fully saturated rings. The van der Waals surface area contributed by atoms with Crippen molar-refractivity contribution in [2.24, 2.45) is 4.30 Å². The molecular formula is C53H64BCl3N6O10PS. The fourth-order valence-electron chi connectivity index (χ4n) is 6.15. The predicted octanol–water partition coefficient (Wildman–Crippen LogP) is 15.0. The van der Waals surface area contributed by atoms with E-state index in [4.69, 9.17) is 0 Å². The first-order valence-corrected chi connectivity index (χ1v) is 27.9. The molecule has 5 heterocycles. The third-order valence-electron chi connectivity index (χ3n) is 9.14. The van der Waals surface area contributed by atoms with E-state index in [-0.39, 0.29) is 56.9 Å². The normalized spacial score (nSPS) is 9.51. The third kappa shape index (κ3) is 22.1. The molecular weight excluding hydrogens is 1060 g/mol. The van der Waals surface area contributed by atoms with Crippen LogP contribution in [0.1, 0.15) is 136 Å². The topological polar surface area (TPSA) is 263 Å². The van der Waals surface area contributed by atoms with Crippen molar-refractivity contribution < 1.29 is 44.2 Å². The third-order valence-corrected chi connectivity index (χ3v) is 9.14. The summed E-state index contributed by atoms with van der Waals surface area (Å²) in [5.74, 6) is -1.22. The quantitative estimate of drug-likeness (QED) is 0.0414. The molecule has 8 aromatic rings. The number of aromatic nitrogens is 5. The van der Waals surface area contributed by atoms with Gasteiger partial charge >= 0.3 is 30.0 Å². The number of Topliss-reactive ketones (excluding diaryl/α,β-unsaturated/α-hetero) is 4. The maximum atomic E-state index is 11.5. The summed E-state index contributed by atoms with van der Waals surface area (Å²) in [5, 5.41) is 38.8. The van der Waals surface area contributed by atoms with Crippen molar-refractivity contribution in [3.63, 3.8) is 0 Å². The number of halogens is 3. The van der Waals surface area contributed by atoms with Crippen molar-refractivity contribution in [1.29, 1.82) is 0 Å². The molecule has 22 heteroatoms. The van der Waals surface area contributed by atoms with Crippen molar-refractivity contribution in [1.82, 2.24) is 24.9 Å². The van der Waals surface area contributed by atoms with E-state index in [0.717, 1.165) is 27.3 Å². The number of fused-ring (bicyclic) bond motifs is 4. The fourth-order valence-corrected chi connectivity index (χ4v) is 6.15. The van der Waals surface area contributed by atoms with Crippen LogP contribution in [0.5, 0.6) is 23.0 Å². The van der Waals surface area contributed by atoms with Crippen LogP contribution in [0.3, 0.4) is 0 Å². The molecule has 0 aliphatic heterocycles. The number of aromatic hydroxyl groups is 4. The Bertz CT molecular complexity index is 3180. The van der Waals surface area contributed by atoms with Crippen LogP contribution in [0.4, 0.5) is 0 Å². The molecule has 0 aliphatic carbocycles. The summed E-state index contributed by atoms with van der Waals surface area (Å²) in [7, 11) is 4.34. The van der Waals surface area contributed by atoms with Crippen LogP contribution in [-0.2, 0) is 4.57 Å². The van der Waals surface area contributed by atoms with E-state index in [1.165, 1.54) is 40.0 Å². The van der Waals surface area contributed by atoms with E-state index < -0.39 is 16.5 Å². The van der Waals surface area contributed by atoms with Crippen LogP contribution < -0.4 is 5.56 Å². The van der Waals surface area contributed by atoms with Gasteiger partial charge in [-0.2, -0.15) is 0 Å². The van der Waals surface area contributed by atoms with E-state index in [1.807, 2.05) is 99.6 Å². The summed E-state index contributed by atoms with van der Waals surface area (Å²) in [6.45, 7) is 25.3. The molecule has 16 nitrogen and oxygen atoms in total. The number of aromatic amines is 1. The van der Waals surface area contributed by atoms with Gasteiger partial charge in [-0.25, -0.2) is 0 Å². The van der Waals surface area contributed by atoms with E-state index >= 15 is 0 Å². The molecule has 0 saturated carbocycles. The Morgan fingerprint density at radius 1 is 0.533 bits per heavy atom. The van der Waals surface area contributed by atoms with Gasteiger partial charge in [0.05, 0.1) is 22.1 Å². The Hall–Kier alpha value is -6.56. The minimum atomic E-state index is -3.22. The Labute approximate surface area is 458 Å². The van der Waals surface area contributed by atoms with Crippen molar-refractivity contribution in [2.45, 2.75) is 96.9 Å². The fraction of sp³-hybridized carbons (Fsp3) is 0.264. The summed E-state index contributed by atoms with van der Waals surface area (Å²) in [4.78, 5) is 74.6. The van der Waals surface area contributed by atoms with E-state index in [1.54, 1.807) is 55.0 Å². The van der Waals surface area contributed by atoms with Crippen LogP contribution in [0, 0.1) is 13.8 Å². The number of thiol groups is 1. The molecule has 0 aliphatic rings. The first kappa shape index (κ1) is 70.5. The summed E-state index contributed by atoms with van der Waals surface area (Å²) in [6, 6.07) is 20.9. The Kier molecular flexibility index (Phi) is 34.2. The summed E-state index contributed by atoms with van der Waals surface area (Å²) >= 11 is 17.0. The number of phenols is 3. The van der Waals surface area contributed by atoms with E-state index in [2.05, 4.69) is 83.4 Å². The van der Waals surface area contributed by atoms with Gasteiger partial charge in [0.25, 0.3) is 5.56 Å². The number of hydrogen-bond donors (Lipinski definition) is 6. The second kappa shape index (κ2) is 36.4. The number of nitrogens with one attached hydrogen (secondary N) is 1. The number of hydrogen-bond acceptors (Lipinski definition) is 16. The SMILES string of the molecule is CC.CC.CC.CC.CC(=O)c1[nH]c(=O)c2cccnc2c1O.CC(=O)c1cc(C)c2cccnc2c1O.CC(=O)c1cc(C)c2cccnc2c1O.CC(=O)c1ccc2cccnc2c1O.O=P(Cl)(Cl)Cl.[B]=NS. The summed E-state index contributed by atoms with van der Waals surface area (Å²) < 4.78 is 12.2. The van der Waals surface area contributed by atoms with Crippen LogP contribution in [0.15, 0.2) is 107 Å². The van der Waals surface area contributed by atoms with Gasteiger partial charge < -0.3 is 25.4 Å². The number of carbonyl (C=O) groups is 4. The Balaban J connectivity index is 0. The van der Waals surface area contributed by atoms with Gasteiger partial charge in [-0.3, -0.25) is 48.5 Å². The number of phenolic OH excluding ortho intramolecular Hbond substituents is 3. The van der Waals surface area contributed by atoms with Gasteiger partial charge in [0, 0.05) is 47.9 Å². The first-order chi connectivity index (χ1) is 35.4. The van der Waals surface area contributed by atoms with Gasteiger partial charge in [-0.15, -0.1) is 0 Å². The molecule has 0 spiro atoms. The van der Waals surface area contributed by atoms with Gasteiger partial charge in [-0.05, 0) is 128 Å². The molecule has 8 rings (SSSR count). The zero-order chi connectivity index (χ0) is 58.3. The summed E-state index contributed by atoms with van der Waals surface area (Å²) in [5.41, 5.74) is 3.93.